The zero-order valence-electron chi connectivity index (χ0n) is 17.0. The van der Waals surface area contributed by atoms with Gasteiger partial charge < -0.3 is 19.4 Å². The standard InChI is InChI=1S/C20H31N3O4/c1-12-9-22(10-13(2)27-12)11-16-7-6-8-23(16)19(24)18-14(3)17(15(4)21-18)20(25)26-5/h12-13,16,21H,6-11H2,1-5H3/t12-,13-,16+/m0/s1. The van der Waals surface area contributed by atoms with Gasteiger partial charge in [-0.25, -0.2) is 4.79 Å². The van der Waals surface area contributed by atoms with Gasteiger partial charge in [-0.05, 0) is 46.1 Å². The van der Waals surface area contributed by atoms with Crippen molar-refractivity contribution in [2.75, 3.05) is 33.3 Å². The zero-order chi connectivity index (χ0) is 19.7. The van der Waals surface area contributed by atoms with Crippen LogP contribution in [0.15, 0.2) is 0 Å². The van der Waals surface area contributed by atoms with E-state index in [9.17, 15) is 9.59 Å². The van der Waals surface area contributed by atoms with Crippen LogP contribution < -0.4 is 0 Å². The molecule has 0 aliphatic carbocycles. The van der Waals surface area contributed by atoms with E-state index in [1.165, 1.54) is 7.11 Å². The van der Waals surface area contributed by atoms with Gasteiger partial charge in [0, 0.05) is 37.9 Å². The van der Waals surface area contributed by atoms with Crippen LogP contribution in [-0.4, -0.2) is 78.2 Å². The second-order valence-electron chi connectivity index (χ2n) is 7.89. The molecule has 0 radical (unpaired) electrons. The number of amides is 1. The van der Waals surface area contributed by atoms with Gasteiger partial charge in [-0.3, -0.25) is 9.69 Å². The summed E-state index contributed by atoms with van der Waals surface area (Å²) < 4.78 is 10.7. The van der Waals surface area contributed by atoms with E-state index in [2.05, 4.69) is 23.7 Å². The summed E-state index contributed by atoms with van der Waals surface area (Å²) in [6.45, 7) is 11.2. The number of esters is 1. The average molecular weight is 377 g/mol. The van der Waals surface area contributed by atoms with Gasteiger partial charge in [0.1, 0.15) is 5.69 Å². The van der Waals surface area contributed by atoms with Crippen molar-refractivity contribution in [3.63, 3.8) is 0 Å². The van der Waals surface area contributed by atoms with Gasteiger partial charge >= 0.3 is 5.97 Å². The predicted molar refractivity (Wildman–Crippen MR) is 102 cm³/mol. The van der Waals surface area contributed by atoms with Crippen LogP contribution >= 0.6 is 0 Å². The van der Waals surface area contributed by atoms with E-state index < -0.39 is 5.97 Å². The Morgan fingerprint density at radius 3 is 2.52 bits per heavy atom. The third-order valence-corrected chi connectivity index (χ3v) is 5.64. The van der Waals surface area contributed by atoms with Crippen molar-refractivity contribution in [1.82, 2.24) is 14.8 Å². The summed E-state index contributed by atoms with van der Waals surface area (Å²) in [4.78, 5) is 32.7. The number of hydrogen-bond acceptors (Lipinski definition) is 5. The van der Waals surface area contributed by atoms with Crippen molar-refractivity contribution in [2.24, 2.45) is 0 Å². The molecule has 1 N–H and O–H groups in total. The zero-order valence-corrected chi connectivity index (χ0v) is 17.0. The molecular weight excluding hydrogens is 346 g/mol. The van der Waals surface area contributed by atoms with E-state index in [0.717, 1.165) is 39.0 Å². The van der Waals surface area contributed by atoms with E-state index in [1.54, 1.807) is 13.8 Å². The number of likely N-dealkylation sites (tertiary alicyclic amines) is 1. The number of H-pyrrole nitrogens is 1. The van der Waals surface area contributed by atoms with E-state index >= 15 is 0 Å². The van der Waals surface area contributed by atoms with Crippen LogP contribution in [0.25, 0.3) is 0 Å². The smallest absolute Gasteiger partial charge is 0.339 e. The molecule has 3 rings (SSSR count). The Bertz CT molecular complexity index is 704. The van der Waals surface area contributed by atoms with Gasteiger partial charge in [0.25, 0.3) is 5.91 Å². The van der Waals surface area contributed by atoms with Crippen LogP contribution in [0.1, 0.15) is 58.8 Å². The number of hydrogen-bond donors (Lipinski definition) is 1. The van der Waals surface area contributed by atoms with Gasteiger partial charge in [-0.2, -0.15) is 0 Å². The molecule has 0 bridgehead atoms. The highest BCUT2D eigenvalue weighted by molar-refractivity contribution is 6.00. The molecule has 3 atom stereocenters. The van der Waals surface area contributed by atoms with E-state index in [4.69, 9.17) is 9.47 Å². The molecule has 1 aromatic rings. The third kappa shape index (κ3) is 4.04. The lowest BCUT2D eigenvalue weighted by molar-refractivity contribution is -0.0715. The van der Waals surface area contributed by atoms with E-state index in [1.807, 2.05) is 4.90 Å². The molecule has 2 aliphatic heterocycles. The lowest BCUT2D eigenvalue weighted by atomic mass is 10.1. The number of rotatable bonds is 4. The highest BCUT2D eigenvalue weighted by atomic mass is 16.5. The fourth-order valence-corrected chi connectivity index (χ4v) is 4.54. The van der Waals surface area contributed by atoms with Crippen molar-refractivity contribution in [3.05, 3.63) is 22.5 Å². The van der Waals surface area contributed by atoms with Crippen LogP contribution in [0.5, 0.6) is 0 Å². The molecule has 0 aromatic carbocycles. The van der Waals surface area contributed by atoms with Crippen LogP contribution in [-0.2, 0) is 9.47 Å². The van der Waals surface area contributed by atoms with Crippen LogP contribution in [0, 0.1) is 13.8 Å². The van der Waals surface area contributed by atoms with Crippen LogP contribution in [0.3, 0.4) is 0 Å². The molecule has 3 heterocycles. The van der Waals surface area contributed by atoms with Gasteiger partial charge in [0.2, 0.25) is 0 Å². The number of nitrogens with zero attached hydrogens (tertiary/aromatic N) is 2. The van der Waals surface area contributed by atoms with Crippen molar-refractivity contribution >= 4 is 11.9 Å². The average Bonchev–Trinajstić information content (AvgIpc) is 3.17. The number of aryl methyl sites for hydroxylation is 1. The maximum absolute atomic E-state index is 13.2. The maximum atomic E-state index is 13.2. The lowest BCUT2D eigenvalue weighted by Gasteiger charge is -2.38. The third-order valence-electron chi connectivity index (χ3n) is 5.64. The molecular formula is C20H31N3O4. The number of methoxy groups -OCH3 is 1. The fourth-order valence-electron chi connectivity index (χ4n) is 4.54. The number of morpholine rings is 1. The quantitative estimate of drug-likeness (QED) is 0.814. The van der Waals surface area contributed by atoms with Crippen molar-refractivity contribution < 1.29 is 19.1 Å². The van der Waals surface area contributed by atoms with Gasteiger partial charge in [0.15, 0.2) is 0 Å². The molecule has 0 unspecified atom stereocenters. The molecule has 1 aromatic heterocycles. The monoisotopic (exact) mass is 377 g/mol. The maximum Gasteiger partial charge on any atom is 0.339 e. The summed E-state index contributed by atoms with van der Waals surface area (Å²) >= 11 is 0. The Morgan fingerprint density at radius 2 is 1.89 bits per heavy atom. The summed E-state index contributed by atoms with van der Waals surface area (Å²) in [6.07, 6.45) is 2.45. The summed E-state index contributed by atoms with van der Waals surface area (Å²) in [6, 6.07) is 0.194. The summed E-state index contributed by atoms with van der Waals surface area (Å²) in [5.74, 6) is -0.433. The first-order valence-corrected chi connectivity index (χ1v) is 9.78. The normalized spacial score (nSPS) is 26.4. The molecule has 0 spiro atoms. The highest BCUT2D eigenvalue weighted by Crippen LogP contribution is 2.26. The molecule has 1 amide bonds. The van der Waals surface area contributed by atoms with Crippen LogP contribution in [0.4, 0.5) is 0 Å². The summed E-state index contributed by atoms with van der Waals surface area (Å²) in [5.41, 5.74) is 2.31. The SMILES string of the molecule is COC(=O)c1c(C)[nH]c(C(=O)N2CCC[C@@H]2CN2C[C@H](C)O[C@@H](C)C2)c1C. The Morgan fingerprint density at radius 1 is 1.22 bits per heavy atom. The number of ether oxygens (including phenoxy) is 2. The second-order valence-corrected chi connectivity index (χ2v) is 7.89. The molecule has 0 saturated carbocycles. The second kappa shape index (κ2) is 8.02. The molecule has 2 fully saturated rings. The Labute approximate surface area is 161 Å². The summed E-state index contributed by atoms with van der Waals surface area (Å²) in [7, 11) is 1.36. The minimum atomic E-state index is -0.408. The van der Waals surface area contributed by atoms with Gasteiger partial charge in [0.05, 0.1) is 24.9 Å². The van der Waals surface area contributed by atoms with Crippen molar-refractivity contribution in [3.8, 4) is 0 Å². The van der Waals surface area contributed by atoms with Gasteiger partial charge in [-0.1, -0.05) is 0 Å². The Balaban J connectivity index is 1.75. The first-order valence-electron chi connectivity index (χ1n) is 9.78. The van der Waals surface area contributed by atoms with E-state index in [-0.39, 0.29) is 24.2 Å². The number of aromatic nitrogens is 1. The summed E-state index contributed by atoms with van der Waals surface area (Å²) in [5, 5.41) is 0. The Kier molecular flexibility index (Phi) is 5.91. The molecule has 7 heteroatoms. The number of carbonyl (C=O) groups is 2. The predicted octanol–water partition coefficient (Wildman–Crippen LogP) is 2.13. The first kappa shape index (κ1) is 19.9. The number of nitrogens with one attached hydrogen (secondary N) is 1. The molecule has 2 aliphatic rings. The topological polar surface area (TPSA) is 74.9 Å². The molecule has 2 saturated heterocycles. The van der Waals surface area contributed by atoms with Gasteiger partial charge in [-0.15, -0.1) is 0 Å². The minimum Gasteiger partial charge on any atom is -0.465 e. The van der Waals surface area contributed by atoms with E-state index in [0.29, 0.717) is 22.5 Å². The highest BCUT2D eigenvalue weighted by Gasteiger charge is 2.35. The number of aromatic amines is 1. The fraction of sp³-hybridized carbons (Fsp3) is 0.700. The first-order chi connectivity index (χ1) is 12.8. The number of carbonyl (C=O) groups excluding carboxylic acids is 2. The van der Waals surface area contributed by atoms with Crippen LogP contribution in [0.2, 0.25) is 0 Å². The largest absolute Gasteiger partial charge is 0.465 e. The molecule has 150 valence electrons. The lowest BCUT2D eigenvalue weighted by Crippen LogP contribution is -2.51. The minimum absolute atomic E-state index is 0.0254. The van der Waals surface area contributed by atoms with Crippen molar-refractivity contribution in [1.29, 1.82) is 0 Å². The van der Waals surface area contributed by atoms with Crippen molar-refractivity contribution in [2.45, 2.75) is 58.8 Å². The molecule has 7 nitrogen and oxygen atoms in total. The molecule has 27 heavy (non-hydrogen) atoms. The Hall–Kier alpha value is -1.86.